The molecule has 4 rings (SSSR count). The van der Waals surface area contributed by atoms with Crippen molar-refractivity contribution in [3.8, 4) is 0 Å². The van der Waals surface area contributed by atoms with Crippen LogP contribution in [0.5, 0.6) is 0 Å². The molecule has 3 atom stereocenters. The van der Waals surface area contributed by atoms with Crippen LogP contribution in [0.15, 0.2) is 48.6 Å². The number of allylic oxidation sites excluding steroid dienone is 2. The fourth-order valence-corrected chi connectivity index (χ4v) is 4.32. The van der Waals surface area contributed by atoms with E-state index in [-0.39, 0.29) is 12.0 Å². The van der Waals surface area contributed by atoms with Gasteiger partial charge in [-0.3, -0.25) is 0 Å². The van der Waals surface area contributed by atoms with Crippen LogP contribution in [0.2, 0.25) is 10.0 Å². The lowest BCUT2D eigenvalue weighted by Gasteiger charge is -2.38. The van der Waals surface area contributed by atoms with Gasteiger partial charge >= 0.3 is 5.97 Å². The molecule has 0 saturated carbocycles. The number of carbonyl (C=O) groups is 1. The maximum atomic E-state index is 11.3. The average Bonchev–Trinajstić information content (AvgIpc) is 3.04. The van der Waals surface area contributed by atoms with E-state index < -0.39 is 5.97 Å². The first-order valence-electron chi connectivity index (χ1n) is 7.80. The number of halogens is 2. The highest BCUT2D eigenvalue weighted by Gasteiger charge is 2.38. The third-order valence-electron chi connectivity index (χ3n) is 4.91. The third-order valence-corrected chi connectivity index (χ3v) is 5.47. The zero-order valence-corrected chi connectivity index (χ0v) is 14.2. The number of rotatable bonds is 2. The van der Waals surface area contributed by atoms with Crippen molar-refractivity contribution in [1.82, 2.24) is 0 Å². The Morgan fingerprint density at radius 2 is 1.96 bits per heavy atom. The number of hydrogen-bond acceptors (Lipinski definition) is 2. The van der Waals surface area contributed by atoms with E-state index in [4.69, 9.17) is 23.2 Å². The van der Waals surface area contributed by atoms with Crippen LogP contribution in [0.4, 0.5) is 5.69 Å². The van der Waals surface area contributed by atoms with E-state index >= 15 is 0 Å². The molecule has 0 bridgehead atoms. The van der Waals surface area contributed by atoms with Crippen molar-refractivity contribution in [2.24, 2.45) is 5.92 Å². The molecule has 0 unspecified atom stereocenters. The maximum absolute atomic E-state index is 11.3. The molecule has 2 N–H and O–H groups in total. The number of nitrogens with one attached hydrogen (secondary N) is 1. The van der Waals surface area contributed by atoms with Crippen LogP contribution in [-0.2, 0) is 0 Å². The number of benzene rings is 2. The van der Waals surface area contributed by atoms with Crippen molar-refractivity contribution in [2.45, 2.75) is 18.4 Å². The van der Waals surface area contributed by atoms with Gasteiger partial charge < -0.3 is 10.4 Å². The minimum Gasteiger partial charge on any atom is -0.478 e. The molecule has 2 aromatic carbocycles. The molecule has 0 fully saturated rings. The summed E-state index contributed by atoms with van der Waals surface area (Å²) in [4.78, 5) is 11.3. The predicted molar refractivity (Wildman–Crippen MR) is 96.2 cm³/mol. The van der Waals surface area contributed by atoms with Crippen LogP contribution in [0, 0.1) is 5.92 Å². The molecule has 122 valence electrons. The Balaban J connectivity index is 1.79. The maximum Gasteiger partial charge on any atom is 0.335 e. The van der Waals surface area contributed by atoms with Gasteiger partial charge in [-0.25, -0.2) is 4.79 Å². The Morgan fingerprint density at radius 1 is 1.12 bits per heavy atom. The Hall–Kier alpha value is -1.97. The monoisotopic (exact) mass is 359 g/mol. The van der Waals surface area contributed by atoms with Crippen molar-refractivity contribution >= 4 is 34.9 Å². The van der Waals surface area contributed by atoms with E-state index in [9.17, 15) is 9.90 Å². The molecule has 0 spiro atoms. The summed E-state index contributed by atoms with van der Waals surface area (Å²) >= 11 is 12.4. The summed E-state index contributed by atoms with van der Waals surface area (Å²) < 4.78 is 0. The van der Waals surface area contributed by atoms with Gasteiger partial charge in [0, 0.05) is 21.7 Å². The molecule has 0 radical (unpaired) electrons. The molecular formula is C19H15Cl2NO2. The zero-order chi connectivity index (χ0) is 16.8. The highest BCUT2D eigenvalue weighted by molar-refractivity contribution is 6.35. The second-order valence-corrected chi connectivity index (χ2v) is 7.09. The number of fused-ring (bicyclic) bond motifs is 3. The van der Waals surface area contributed by atoms with Gasteiger partial charge in [-0.15, -0.1) is 0 Å². The van der Waals surface area contributed by atoms with Gasteiger partial charge in [-0.05, 0) is 53.8 Å². The minimum absolute atomic E-state index is 0.0675. The first-order valence-corrected chi connectivity index (χ1v) is 8.55. The fraction of sp³-hybridized carbons (Fsp3) is 0.211. The Bertz CT molecular complexity index is 862. The summed E-state index contributed by atoms with van der Waals surface area (Å²) in [7, 11) is 0. The molecule has 1 aliphatic heterocycles. The van der Waals surface area contributed by atoms with E-state index in [1.807, 2.05) is 18.2 Å². The van der Waals surface area contributed by atoms with Gasteiger partial charge in [-0.1, -0.05) is 41.4 Å². The Kier molecular flexibility index (Phi) is 3.78. The quantitative estimate of drug-likeness (QED) is 0.694. The van der Waals surface area contributed by atoms with Crippen molar-refractivity contribution in [2.75, 3.05) is 5.32 Å². The largest absolute Gasteiger partial charge is 0.478 e. The van der Waals surface area contributed by atoms with Gasteiger partial charge in [0.05, 0.1) is 11.6 Å². The van der Waals surface area contributed by atoms with Crippen LogP contribution < -0.4 is 5.32 Å². The number of aromatic carboxylic acids is 1. The molecule has 3 nitrogen and oxygen atoms in total. The molecule has 0 saturated heterocycles. The molecule has 0 aromatic heterocycles. The smallest absolute Gasteiger partial charge is 0.335 e. The van der Waals surface area contributed by atoms with Crippen molar-refractivity contribution in [3.05, 3.63) is 75.3 Å². The molecule has 1 heterocycles. The molecule has 1 aliphatic carbocycles. The molecule has 24 heavy (non-hydrogen) atoms. The highest BCUT2D eigenvalue weighted by atomic mass is 35.5. The fourth-order valence-electron chi connectivity index (χ4n) is 3.79. The Labute approximate surface area is 149 Å². The first kappa shape index (κ1) is 15.6. The normalized spacial score (nSPS) is 24.2. The minimum atomic E-state index is -0.904. The Morgan fingerprint density at radius 3 is 2.71 bits per heavy atom. The molecule has 5 heteroatoms. The summed E-state index contributed by atoms with van der Waals surface area (Å²) in [6.45, 7) is 0. The highest BCUT2D eigenvalue weighted by Crippen LogP contribution is 2.51. The van der Waals surface area contributed by atoms with Crippen LogP contribution in [0.25, 0.3) is 0 Å². The lowest BCUT2D eigenvalue weighted by atomic mass is 9.76. The van der Waals surface area contributed by atoms with E-state index in [0.29, 0.717) is 21.5 Å². The standard InChI is InChI=1S/C19H15Cl2NO2/c20-11-5-6-14(16(21)9-11)18-13-3-1-2-12(13)15-8-10(19(23)24)4-7-17(15)22-18/h1-2,4-9,12-13,18,22H,3H2,(H,23,24)/t12-,13+,18+/m0/s1. The van der Waals surface area contributed by atoms with Crippen molar-refractivity contribution in [1.29, 1.82) is 0 Å². The van der Waals surface area contributed by atoms with Gasteiger partial charge in [0.15, 0.2) is 0 Å². The number of carboxylic acids is 1. The third kappa shape index (κ3) is 2.48. The van der Waals surface area contributed by atoms with E-state index in [2.05, 4.69) is 17.5 Å². The molecule has 2 aliphatic rings. The number of carboxylic acid groups (broad SMARTS) is 1. The first-order chi connectivity index (χ1) is 11.5. The summed E-state index contributed by atoms with van der Waals surface area (Å²) in [6, 6.07) is 10.9. The van der Waals surface area contributed by atoms with E-state index in [1.165, 1.54) is 0 Å². The van der Waals surface area contributed by atoms with Crippen molar-refractivity contribution < 1.29 is 9.90 Å². The van der Waals surface area contributed by atoms with Gasteiger partial charge in [0.2, 0.25) is 0 Å². The van der Waals surface area contributed by atoms with E-state index in [0.717, 1.165) is 23.2 Å². The molecule has 2 aromatic rings. The van der Waals surface area contributed by atoms with Crippen LogP contribution >= 0.6 is 23.2 Å². The van der Waals surface area contributed by atoms with Crippen molar-refractivity contribution in [3.63, 3.8) is 0 Å². The predicted octanol–water partition coefficient (Wildman–Crippen LogP) is 5.52. The van der Waals surface area contributed by atoms with Gasteiger partial charge in [0.25, 0.3) is 0 Å². The summed E-state index contributed by atoms with van der Waals surface area (Å²) in [5.41, 5.74) is 3.34. The topological polar surface area (TPSA) is 49.3 Å². The van der Waals surface area contributed by atoms with Gasteiger partial charge in [0.1, 0.15) is 0 Å². The average molecular weight is 360 g/mol. The van der Waals surface area contributed by atoms with Crippen LogP contribution in [0.3, 0.4) is 0 Å². The zero-order valence-electron chi connectivity index (χ0n) is 12.7. The summed E-state index contributed by atoms with van der Waals surface area (Å²) in [5, 5.41) is 14.1. The second-order valence-electron chi connectivity index (χ2n) is 6.25. The number of hydrogen-bond donors (Lipinski definition) is 2. The summed E-state index contributed by atoms with van der Waals surface area (Å²) in [6.07, 6.45) is 5.27. The SMILES string of the molecule is O=C(O)c1ccc2c(c1)[C@H]1C=CC[C@H]1[C@H](c1ccc(Cl)cc1Cl)N2. The van der Waals surface area contributed by atoms with Crippen LogP contribution in [-0.4, -0.2) is 11.1 Å². The molecular weight excluding hydrogens is 345 g/mol. The van der Waals surface area contributed by atoms with Gasteiger partial charge in [-0.2, -0.15) is 0 Å². The van der Waals surface area contributed by atoms with Crippen LogP contribution in [0.1, 0.15) is 39.9 Å². The van der Waals surface area contributed by atoms with E-state index in [1.54, 1.807) is 18.2 Å². The molecule has 0 amide bonds. The lowest BCUT2D eigenvalue weighted by molar-refractivity contribution is 0.0696. The second kappa shape index (κ2) is 5.83. The summed E-state index contributed by atoms with van der Waals surface area (Å²) in [5.74, 6) is -0.406. The lowest BCUT2D eigenvalue weighted by Crippen LogP contribution is -2.29. The number of anilines is 1.